The maximum Gasteiger partial charge on any atom is 0.227 e. The first kappa shape index (κ1) is 17.2. The number of carbonyl (C=O) groups excluding carboxylic acids is 2. The summed E-state index contributed by atoms with van der Waals surface area (Å²) in [7, 11) is 0. The van der Waals surface area contributed by atoms with Gasteiger partial charge in [0, 0.05) is 24.7 Å². The van der Waals surface area contributed by atoms with Crippen molar-refractivity contribution in [1.29, 1.82) is 0 Å². The zero-order valence-electron chi connectivity index (χ0n) is 14.8. The van der Waals surface area contributed by atoms with Gasteiger partial charge in [-0.3, -0.25) is 9.59 Å². The molecule has 1 fully saturated rings. The number of hydrogen-bond donors (Lipinski definition) is 1. The van der Waals surface area contributed by atoms with Crippen molar-refractivity contribution in [3.63, 3.8) is 0 Å². The fraction of sp³-hybridized carbons (Fsp3) is 0.421. The van der Waals surface area contributed by atoms with E-state index in [1.807, 2.05) is 24.3 Å². The maximum absolute atomic E-state index is 12.3. The van der Waals surface area contributed by atoms with Crippen molar-refractivity contribution in [2.24, 2.45) is 5.92 Å². The lowest BCUT2D eigenvalue weighted by atomic mass is 10.0. The van der Waals surface area contributed by atoms with Gasteiger partial charge in [-0.25, -0.2) is 0 Å². The Bertz CT molecular complexity index is 764. The molecule has 1 atom stereocenters. The first-order valence-electron chi connectivity index (χ1n) is 8.54. The Labute approximate surface area is 147 Å². The highest BCUT2D eigenvalue weighted by Crippen LogP contribution is 2.27. The monoisotopic (exact) mass is 341 g/mol. The van der Waals surface area contributed by atoms with Crippen molar-refractivity contribution in [3.8, 4) is 0 Å². The highest BCUT2D eigenvalue weighted by Gasteiger charge is 2.35. The largest absolute Gasteiger partial charge is 0.361 e. The molecule has 0 radical (unpaired) electrons. The Hall–Kier alpha value is -2.63. The van der Waals surface area contributed by atoms with Crippen LogP contribution in [0.15, 0.2) is 34.9 Å². The van der Waals surface area contributed by atoms with Gasteiger partial charge in [-0.15, -0.1) is 0 Å². The number of benzene rings is 1. The van der Waals surface area contributed by atoms with Crippen LogP contribution >= 0.6 is 0 Å². The Balaban J connectivity index is 1.60. The SMILES string of the molecule is Cc1cc(CNC(=O)[C@H]2CC(=O)N(c3ccc(C(C)C)cc3)C2)no1. The normalized spacial score (nSPS) is 17.4. The van der Waals surface area contributed by atoms with Crippen LogP contribution in [0.25, 0.3) is 0 Å². The molecule has 6 heteroatoms. The number of amides is 2. The molecule has 0 bridgehead atoms. The van der Waals surface area contributed by atoms with E-state index in [0.717, 1.165) is 5.69 Å². The van der Waals surface area contributed by atoms with Crippen LogP contribution in [-0.2, 0) is 16.1 Å². The minimum atomic E-state index is -0.342. The lowest BCUT2D eigenvalue weighted by Crippen LogP contribution is -2.32. The fourth-order valence-electron chi connectivity index (χ4n) is 3.00. The minimum Gasteiger partial charge on any atom is -0.361 e. The average Bonchev–Trinajstić information content (AvgIpc) is 3.18. The molecule has 132 valence electrons. The molecule has 1 saturated heterocycles. The number of nitrogens with zero attached hydrogens (tertiary/aromatic N) is 2. The Kier molecular flexibility index (Phi) is 4.88. The third kappa shape index (κ3) is 3.90. The molecular weight excluding hydrogens is 318 g/mol. The second-order valence-corrected chi connectivity index (χ2v) is 6.80. The standard InChI is InChI=1S/C19H23N3O3/c1-12(2)14-4-6-17(7-5-14)22-11-15(9-18(22)23)19(24)20-10-16-8-13(3)25-21-16/h4-8,12,15H,9-11H2,1-3H3,(H,20,24)/t15-/m0/s1. The van der Waals surface area contributed by atoms with Crippen LogP contribution in [0.5, 0.6) is 0 Å². The van der Waals surface area contributed by atoms with Crippen molar-refractivity contribution in [2.45, 2.75) is 39.7 Å². The van der Waals surface area contributed by atoms with Gasteiger partial charge in [-0.2, -0.15) is 0 Å². The predicted octanol–water partition coefficient (Wildman–Crippen LogP) is 2.78. The number of carbonyl (C=O) groups is 2. The van der Waals surface area contributed by atoms with Crippen LogP contribution < -0.4 is 10.2 Å². The molecule has 3 rings (SSSR count). The van der Waals surface area contributed by atoms with Crippen LogP contribution in [-0.4, -0.2) is 23.5 Å². The van der Waals surface area contributed by atoms with Gasteiger partial charge in [0.25, 0.3) is 0 Å². The van der Waals surface area contributed by atoms with Gasteiger partial charge >= 0.3 is 0 Å². The van der Waals surface area contributed by atoms with Gasteiger partial charge in [0.1, 0.15) is 11.5 Å². The second kappa shape index (κ2) is 7.09. The summed E-state index contributed by atoms with van der Waals surface area (Å²) in [6.45, 7) is 6.78. The molecule has 0 unspecified atom stereocenters. The Morgan fingerprint density at radius 1 is 1.36 bits per heavy atom. The van der Waals surface area contributed by atoms with E-state index in [9.17, 15) is 9.59 Å². The van der Waals surface area contributed by atoms with Crippen molar-refractivity contribution < 1.29 is 14.1 Å². The molecule has 1 N–H and O–H groups in total. The summed E-state index contributed by atoms with van der Waals surface area (Å²) in [6.07, 6.45) is 0.232. The van der Waals surface area contributed by atoms with E-state index in [-0.39, 0.29) is 24.2 Å². The number of aryl methyl sites for hydroxylation is 1. The molecule has 2 heterocycles. The summed E-state index contributed by atoms with van der Waals surface area (Å²) >= 11 is 0. The molecule has 1 aromatic heterocycles. The molecule has 6 nitrogen and oxygen atoms in total. The molecule has 1 aliphatic heterocycles. The molecule has 2 amide bonds. The topological polar surface area (TPSA) is 75.4 Å². The first-order valence-corrected chi connectivity index (χ1v) is 8.54. The zero-order valence-corrected chi connectivity index (χ0v) is 14.8. The highest BCUT2D eigenvalue weighted by molar-refractivity contribution is 6.00. The van der Waals surface area contributed by atoms with E-state index in [4.69, 9.17) is 4.52 Å². The smallest absolute Gasteiger partial charge is 0.227 e. The lowest BCUT2D eigenvalue weighted by molar-refractivity contribution is -0.126. The number of hydrogen-bond acceptors (Lipinski definition) is 4. The summed E-state index contributed by atoms with van der Waals surface area (Å²) < 4.78 is 4.98. The van der Waals surface area contributed by atoms with Gasteiger partial charge in [-0.05, 0) is 30.5 Å². The van der Waals surface area contributed by atoms with E-state index < -0.39 is 0 Å². The first-order chi connectivity index (χ1) is 11.9. The van der Waals surface area contributed by atoms with Crippen molar-refractivity contribution in [3.05, 3.63) is 47.3 Å². The second-order valence-electron chi connectivity index (χ2n) is 6.80. The number of aromatic nitrogens is 1. The number of anilines is 1. The van der Waals surface area contributed by atoms with Crippen LogP contribution in [0, 0.1) is 12.8 Å². The minimum absolute atomic E-state index is 0.0188. The van der Waals surface area contributed by atoms with Crippen molar-refractivity contribution in [2.75, 3.05) is 11.4 Å². The van der Waals surface area contributed by atoms with Gasteiger partial charge in [0.2, 0.25) is 11.8 Å². The number of nitrogens with one attached hydrogen (secondary N) is 1. The van der Waals surface area contributed by atoms with Gasteiger partial charge < -0.3 is 14.7 Å². The van der Waals surface area contributed by atoms with E-state index in [0.29, 0.717) is 30.5 Å². The van der Waals surface area contributed by atoms with Crippen LogP contribution in [0.2, 0.25) is 0 Å². The molecule has 1 aromatic carbocycles. The quantitative estimate of drug-likeness (QED) is 0.907. The lowest BCUT2D eigenvalue weighted by Gasteiger charge is -2.17. The number of rotatable bonds is 5. The van der Waals surface area contributed by atoms with Crippen molar-refractivity contribution >= 4 is 17.5 Å². The third-order valence-electron chi connectivity index (χ3n) is 4.49. The fourth-order valence-corrected chi connectivity index (χ4v) is 3.00. The van der Waals surface area contributed by atoms with Gasteiger partial charge in [-0.1, -0.05) is 31.1 Å². The van der Waals surface area contributed by atoms with Crippen LogP contribution in [0.4, 0.5) is 5.69 Å². The summed E-state index contributed by atoms with van der Waals surface area (Å²) in [6, 6.07) is 9.75. The van der Waals surface area contributed by atoms with Gasteiger partial charge in [0.05, 0.1) is 12.5 Å². The summed E-state index contributed by atoms with van der Waals surface area (Å²) in [5.74, 6) is 0.661. The molecular formula is C19H23N3O3. The molecule has 1 aliphatic rings. The molecule has 25 heavy (non-hydrogen) atoms. The summed E-state index contributed by atoms with van der Waals surface area (Å²) in [5, 5.41) is 6.68. The maximum atomic E-state index is 12.3. The van der Waals surface area contributed by atoms with Crippen LogP contribution in [0.3, 0.4) is 0 Å². The van der Waals surface area contributed by atoms with Crippen molar-refractivity contribution in [1.82, 2.24) is 10.5 Å². The Morgan fingerprint density at radius 3 is 2.68 bits per heavy atom. The van der Waals surface area contributed by atoms with E-state index in [1.54, 1.807) is 17.9 Å². The molecule has 0 spiro atoms. The molecule has 0 aliphatic carbocycles. The molecule has 2 aromatic rings. The predicted molar refractivity (Wildman–Crippen MR) is 94.1 cm³/mol. The third-order valence-corrected chi connectivity index (χ3v) is 4.49. The summed E-state index contributed by atoms with van der Waals surface area (Å²) in [4.78, 5) is 26.3. The Morgan fingerprint density at radius 2 is 2.08 bits per heavy atom. The average molecular weight is 341 g/mol. The highest BCUT2D eigenvalue weighted by atomic mass is 16.5. The van der Waals surface area contributed by atoms with Gasteiger partial charge in [0.15, 0.2) is 0 Å². The van der Waals surface area contributed by atoms with E-state index >= 15 is 0 Å². The van der Waals surface area contributed by atoms with E-state index in [1.165, 1.54) is 5.56 Å². The zero-order chi connectivity index (χ0) is 18.0. The van der Waals surface area contributed by atoms with Crippen LogP contribution in [0.1, 0.15) is 43.2 Å². The summed E-state index contributed by atoms with van der Waals surface area (Å²) in [5.41, 5.74) is 2.75. The molecule has 0 saturated carbocycles. The van der Waals surface area contributed by atoms with E-state index in [2.05, 4.69) is 24.3 Å².